The standard InChI is InChI=1S/C14H12ClNO3/c15-12(17)3-1-2-10-4-6-11(7-5-10)16-13(18)8-9-14(16)19/h4-9H,1-3H2. The first kappa shape index (κ1) is 13.5. The van der Waals surface area contributed by atoms with Gasteiger partial charge in [0.15, 0.2) is 0 Å². The first-order valence-corrected chi connectivity index (χ1v) is 6.29. The summed E-state index contributed by atoms with van der Waals surface area (Å²) in [5, 5.41) is -0.337. The van der Waals surface area contributed by atoms with Crippen molar-refractivity contribution in [3.63, 3.8) is 0 Å². The quantitative estimate of drug-likeness (QED) is 0.612. The Morgan fingerprint density at radius 3 is 2.16 bits per heavy atom. The summed E-state index contributed by atoms with van der Waals surface area (Å²) in [7, 11) is 0. The van der Waals surface area contributed by atoms with Crippen LogP contribution in [0.15, 0.2) is 36.4 Å². The number of imide groups is 1. The molecular formula is C14H12ClNO3. The number of benzene rings is 1. The molecule has 1 heterocycles. The van der Waals surface area contributed by atoms with Gasteiger partial charge in [0.1, 0.15) is 0 Å². The van der Waals surface area contributed by atoms with E-state index in [-0.39, 0.29) is 17.1 Å². The number of aryl methyl sites for hydroxylation is 1. The van der Waals surface area contributed by atoms with Gasteiger partial charge in [-0.05, 0) is 42.1 Å². The molecule has 0 N–H and O–H groups in total. The summed E-state index contributed by atoms with van der Waals surface area (Å²) < 4.78 is 0. The van der Waals surface area contributed by atoms with Crippen LogP contribution in [0.3, 0.4) is 0 Å². The minimum Gasteiger partial charge on any atom is -0.281 e. The lowest BCUT2D eigenvalue weighted by molar-refractivity contribution is -0.120. The average Bonchev–Trinajstić information content (AvgIpc) is 2.70. The lowest BCUT2D eigenvalue weighted by Crippen LogP contribution is -2.29. The number of rotatable bonds is 5. The van der Waals surface area contributed by atoms with Gasteiger partial charge in [-0.2, -0.15) is 0 Å². The number of nitrogens with zero attached hydrogens (tertiary/aromatic N) is 1. The highest BCUT2D eigenvalue weighted by Gasteiger charge is 2.24. The molecule has 1 aromatic carbocycles. The van der Waals surface area contributed by atoms with E-state index in [1.165, 1.54) is 12.2 Å². The van der Waals surface area contributed by atoms with E-state index >= 15 is 0 Å². The van der Waals surface area contributed by atoms with E-state index in [0.29, 0.717) is 18.5 Å². The third-order valence-corrected chi connectivity index (χ3v) is 3.03. The number of halogens is 1. The van der Waals surface area contributed by atoms with Gasteiger partial charge in [-0.3, -0.25) is 14.4 Å². The number of amides is 2. The van der Waals surface area contributed by atoms with Crippen LogP contribution in [0, 0.1) is 0 Å². The van der Waals surface area contributed by atoms with Crippen LogP contribution < -0.4 is 4.90 Å². The van der Waals surface area contributed by atoms with Crippen molar-refractivity contribution in [1.82, 2.24) is 0 Å². The van der Waals surface area contributed by atoms with Crippen LogP contribution in [-0.2, 0) is 20.8 Å². The molecule has 5 heteroatoms. The molecular weight excluding hydrogens is 266 g/mol. The fourth-order valence-electron chi connectivity index (χ4n) is 1.90. The summed E-state index contributed by atoms with van der Waals surface area (Å²) in [4.78, 5) is 34.7. The van der Waals surface area contributed by atoms with Crippen LogP contribution in [0.1, 0.15) is 18.4 Å². The number of carbonyl (C=O) groups is 3. The minimum absolute atomic E-state index is 0.328. The maximum Gasteiger partial charge on any atom is 0.258 e. The summed E-state index contributed by atoms with van der Waals surface area (Å²) >= 11 is 5.26. The average molecular weight is 278 g/mol. The third-order valence-electron chi connectivity index (χ3n) is 2.84. The van der Waals surface area contributed by atoms with Crippen molar-refractivity contribution in [2.24, 2.45) is 0 Å². The van der Waals surface area contributed by atoms with E-state index in [1.807, 2.05) is 12.1 Å². The first-order valence-electron chi connectivity index (χ1n) is 5.91. The summed E-state index contributed by atoms with van der Waals surface area (Å²) in [6.45, 7) is 0. The second-order valence-electron chi connectivity index (χ2n) is 4.22. The Hall–Kier alpha value is -1.94. The van der Waals surface area contributed by atoms with Crippen LogP contribution in [0.25, 0.3) is 0 Å². The van der Waals surface area contributed by atoms with Crippen LogP contribution in [-0.4, -0.2) is 17.1 Å². The van der Waals surface area contributed by atoms with Gasteiger partial charge in [0.05, 0.1) is 5.69 Å². The predicted octanol–water partition coefficient (Wildman–Crippen LogP) is 2.20. The molecule has 0 aromatic heterocycles. The molecule has 1 aliphatic rings. The van der Waals surface area contributed by atoms with Gasteiger partial charge < -0.3 is 0 Å². The van der Waals surface area contributed by atoms with E-state index in [1.54, 1.807) is 12.1 Å². The molecule has 0 radical (unpaired) electrons. The number of carbonyl (C=O) groups excluding carboxylic acids is 3. The van der Waals surface area contributed by atoms with Crippen LogP contribution in [0.5, 0.6) is 0 Å². The predicted molar refractivity (Wildman–Crippen MR) is 71.9 cm³/mol. The van der Waals surface area contributed by atoms with Crippen LogP contribution in [0.4, 0.5) is 5.69 Å². The van der Waals surface area contributed by atoms with Crippen molar-refractivity contribution < 1.29 is 14.4 Å². The molecule has 0 spiro atoms. The van der Waals surface area contributed by atoms with Gasteiger partial charge in [-0.1, -0.05) is 12.1 Å². The van der Waals surface area contributed by atoms with Crippen LogP contribution in [0.2, 0.25) is 0 Å². The highest BCUT2D eigenvalue weighted by Crippen LogP contribution is 2.20. The Kier molecular flexibility index (Phi) is 4.12. The number of hydrogen-bond acceptors (Lipinski definition) is 3. The van der Waals surface area contributed by atoms with Gasteiger partial charge in [0, 0.05) is 18.6 Å². The van der Waals surface area contributed by atoms with Gasteiger partial charge in [-0.25, -0.2) is 4.90 Å². The summed E-state index contributed by atoms with van der Waals surface area (Å²) in [6.07, 6.45) is 4.27. The lowest BCUT2D eigenvalue weighted by atomic mass is 10.1. The van der Waals surface area contributed by atoms with E-state index < -0.39 is 0 Å². The summed E-state index contributed by atoms with van der Waals surface area (Å²) in [6, 6.07) is 7.13. The Morgan fingerprint density at radius 1 is 1.05 bits per heavy atom. The van der Waals surface area contributed by atoms with Crippen molar-refractivity contribution in [1.29, 1.82) is 0 Å². The summed E-state index contributed by atoms with van der Waals surface area (Å²) in [5.74, 6) is -0.657. The molecule has 1 aromatic rings. The van der Waals surface area contributed by atoms with Gasteiger partial charge in [0.25, 0.3) is 11.8 Å². The molecule has 0 atom stereocenters. The van der Waals surface area contributed by atoms with E-state index in [0.717, 1.165) is 16.9 Å². The van der Waals surface area contributed by atoms with Crippen molar-refractivity contribution in [2.75, 3.05) is 4.90 Å². The molecule has 0 bridgehead atoms. The van der Waals surface area contributed by atoms with E-state index in [9.17, 15) is 14.4 Å². The Morgan fingerprint density at radius 2 is 1.63 bits per heavy atom. The molecule has 0 aliphatic carbocycles. The molecule has 2 rings (SSSR count). The van der Waals surface area contributed by atoms with Crippen molar-refractivity contribution >= 4 is 34.3 Å². The minimum atomic E-state index is -0.337. The second kappa shape index (κ2) is 5.80. The van der Waals surface area contributed by atoms with E-state index in [4.69, 9.17) is 11.6 Å². The molecule has 0 unspecified atom stereocenters. The Bertz CT molecular complexity index is 530. The maximum absolute atomic E-state index is 11.5. The SMILES string of the molecule is O=C(Cl)CCCc1ccc(N2C(=O)C=CC2=O)cc1. The van der Waals surface area contributed by atoms with Crippen molar-refractivity contribution in [2.45, 2.75) is 19.3 Å². The van der Waals surface area contributed by atoms with Gasteiger partial charge in [-0.15, -0.1) is 0 Å². The molecule has 98 valence electrons. The second-order valence-corrected chi connectivity index (χ2v) is 4.64. The smallest absolute Gasteiger partial charge is 0.258 e. The topological polar surface area (TPSA) is 54.5 Å². The van der Waals surface area contributed by atoms with E-state index in [2.05, 4.69) is 0 Å². The molecule has 19 heavy (non-hydrogen) atoms. The van der Waals surface area contributed by atoms with Crippen molar-refractivity contribution in [3.05, 3.63) is 42.0 Å². The molecule has 2 amide bonds. The molecule has 0 saturated carbocycles. The maximum atomic E-state index is 11.5. The molecule has 0 fully saturated rings. The normalized spacial score (nSPS) is 14.3. The fourth-order valence-corrected chi connectivity index (χ4v) is 2.03. The largest absolute Gasteiger partial charge is 0.281 e. The van der Waals surface area contributed by atoms with Gasteiger partial charge >= 0.3 is 0 Å². The van der Waals surface area contributed by atoms with Gasteiger partial charge in [0.2, 0.25) is 5.24 Å². The van der Waals surface area contributed by atoms with Crippen molar-refractivity contribution in [3.8, 4) is 0 Å². The zero-order valence-electron chi connectivity index (χ0n) is 10.1. The number of hydrogen-bond donors (Lipinski definition) is 0. The summed E-state index contributed by atoms with van der Waals surface area (Å²) in [5.41, 5.74) is 1.59. The zero-order chi connectivity index (χ0) is 13.8. The Balaban J connectivity index is 2.00. The molecule has 0 saturated heterocycles. The lowest BCUT2D eigenvalue weighted by Gasteiger charge is -2.14. The third kappa shape index (κ3) is 3.29. The molecule has 4 nitrogen and oxygen atoms in total. The first-order chi connectivity index (χ1) is 9.08. The number of anilines is 1. The monoisotopic (exact) mass is 277 g/mol. The Labute approximate surface area is 115 Å². The highest BCUT2D eigenvalue weighted by molar-refractivity contribution is 6.63. The van der Waals surface area contributed by atoms with Crippen LogP contribution >= 0.6 is 11.6 Å². The fraction of sp³-hybridized carbons (Fsp3) is 0.214. The highest BCUT2D eigenvalue weighted by atomic mass is 35.5. The zero-order valence-corrected chi connectivity index (χ0v) is 10.9. The molecule has 1 aliphatic heterocycles.